The lowest BCUT2D eigenvalue weighted by Crippen LogP contribution is -2.41. The lowest BCUT2D eigenvalue weighted by Gasteiger charge is -2.32. The zero-order valence-electron chi connectivity index (χ0n) is 69.8. The number of furan rings is 2. The standard InChI is InChI=1S/C42H38BNO3.C42H30N2O.C18H12BrN.2C6H6/c1-41(2)42(3,4)47-43(46-41)33-19-25-36(26-20-33)44(34-21-14-30(15-22-34)29-10-6-5-7-11-29)35-23-16-31(17-24-35)32-18-27-38-37-12-8-9-13-39(37)45-40(38)28-32;1-2-34(12-9-10-29-18-25-38-37-14-5-8-17-41(37)45-42(38)26-29)43-35-23-21-30(22-24-35)32-20-19-31-11-3-6-15-39(31)44-28-33(27-32)36-13-4-7-16-40(36)44;19-11-9-14-12-5-1-3-7-16(12)20-17-8-4-2-6-13(17)15(10-11)18(14)20;2*1-2-4-6-5-3-1/h5-6,8-10,12-28H,7,11H2,1-4H3;2-28,43H,1H2;1-9,11H,10H2;2*1-6H/b;10-9+,20-19?,32-27?,34-12+;;;. The molecule has 6 aromatic heterocycles. The highest BCUT2D eigenvalue weighted by Crippen LogP contribution is 2.42. The Morgan fingerprint density at radius 1 is 0.452 bits per heavy atom. The Morgan fingerprint density at radius 2 is 0.935 bits per heavy atom. The Balaban J connectivity index is 0.000000120. The molecule has 1 saturated heterocycles. The Bertz CT molecular complexity index is 7420. The van der Waals surface area contributed by atoms with E-state index in [1.54, 1.807) is 0 Å². The van der Waals surface area contributed by atoms with Gasteiger partial charge in [0.1, 0.15) is 22.3 Å². The first-order valence-corrected chi connectivity index (χ1v) is 43.5. The molecule has 10 heteroatoms. The van der Waals surface area contributed by atoms with Crippen LogP contribution in [0.1, 0.15) is 57.2 Å². The molecule has 20 aromatic rings. The van der Waals surface area contributed by atoms with Crippen LogP contribution in [0.2, 0.25) is 0 Å². The topological polar surface area (TPSA) is 68.8 Å². The number of benzene rings is 14. The SMILES string of the molecule is BrC1C=c2c3ccccc3n3c2c(c2ccccc23)C1.C=C/C(=C\C=C\c1ccc2c(c1)oc1ccccc12)Nc1ccc(-c2ccc3ccccc3n3cc(c2)c2ccccc23)cc1.CC1(C)OB(c2ccc(N(c3ccc(C4=CC=CCC4)cc3)c3ccc(-c4ccc5c(c4)oc4ccccc45)cc3)cc2)OC1(C)C.c1ccccc1.c1ccccc1. The molecule has 2 bridgehead atoms. The van der Waals surface area contributed by atoms with Gasteiger partial charge < -0.3 is 37.2 Å². The van der Waals surface area contributed by atoms with Gasteiger partial charge in [0.05, 0.1) is 38.8 Å². The lowest BCUT2D eigenvalue weighted by atomic mass is 9.79. The van der Waals surface area contributed by atoms with Crippen molar-refractivity contribution in [3.8, 4) is 22.3 Å². The third kappa shape index (κ3) is 16.4. The molecular weight excluding hydrogens is 1580 g/mol. The van der Waals surface area contributed by atoms with Crippen LogP contribution in [0.3, 0.4) is 0 Å². The number of allylic oxidation sites excluding steroid dienone is 7. The molecule has 7 heterocycles. The molecular formula is C114H92BBrN4O4. The molecule has 602 valence electrons. The van der Waals surface area contributed by atoms with E-state index in [9.17, 15) is 0 Å². The predicted molar refractivity (Wildman–Crippen MR) is 529 cm³/mol. The first-order chi connectivity index (χ1) is 60.8. The minimum atomic E-state index is -0.400. The molecule has 14 aromatic carbocycles. The fourth-order valence-corrected chi connectivity index (χ4v) is 17.7. The van der Waals surface area contributed by atoms with Crippen molar-refractivity contribution in [2.45, 2.75) is 63.0 Å². The number of alkyl halides is 1. The highest BCUT2D eigenvalue weighted by atomic mass is 79.9. The van der Waals surface area contributed by atoms with E-state index in [0.717, 1.165) is 125 Å². The summed E-state index contributed by atoms with van der Waals surface area (Å²) in [5, 5.41) is 15.8. The normalized spacial score (nSPS) is 14.5. The van der Waals surface area contributed by atoms with Crippen LogP contribution in [0.25, 0.3) is 138 Å². The van der Waals surface area contributed by atoms with Crippen LogP contribution in [0.5, 0.6) is 0 Å². The van der Waals surface area contributed by atoms with Crippen molar-refractivity contribution in [2.75, 3.05) is 10.2 Å². The predicted octanol–water partition coefficient (Wildman–Crippen LogP) is 29.8. The number of hydrogen-bond acceptors (Lipinski definition) is 6. The van der Waals surface area contributed by atoms with E-state index in [1.165, 1.54) is 76.4 Å². The molecule has 0 saturated carbocycles. The van der Waals surface area contributed by atoms with Crippen molar-refractivity contribution in [1.29, 1.82) is 0 Å². The van der Waals surface area contributed by atoms with Crippen molar-refractivity contribution in [2.24, 2.45) is 0 Å². The van der Waals surface area contributed by atoms with Crippen molar-refractivity contribution >= 4 is 167 Å². The van der Waals surface area contributed by atoms with Gasteiger partial charge in [-0.3, -0.25) is 0 Å². The minimum Gasteiger partial charge on any atom is -0.456 e. The summed E-state index contributed by atoms with van der Waals surface area (Å²) < 4.78 is 29.6. The Morgan fingerprint density at radius 3 is 1.54 bits per heavy atom. The maximum atomic E-state index is 6.34. The number of nitrogens with zero attached hydrogens (tertiary/aromatic N) is 3. The first-order valence-electron chi connectivity index (χ1n) is 42.5. The van der Waals surface area contributed by atoms with Crippen molar-refractivity contribution in [1.82, 2.24) is 8.80 Å². The van der Waals surface area contributed by atoms with Gasteiger partial charge in [-0.15, -0.1) is 0 Å². The summed E-state index contributed by atoms with van der Waals surface area (Å²) in [5.41, 5.74) is 25.2. The van der Waals surface area contributed by atoms with Crippen molar-refractivity contribution in [3.05, 3.63) is 447 Å². The van der Waals surface area contributed by atoms with Crippen LogP contribution in [-0.4, -0.2) is 31.9 Å². The highest BCUT2D eigenvalue weighted by molar-refractivity contribution is 9.09. The molecule has 1 unspecified atom stereocenters. The van der Waals surface area contributed by atoms with Gasteiger partial charge in [0.2, 0.25) is 0 Å². The number of aromatic nitrogens is 2. The molecule has 124 heavy (non-hydrogen) atoms. The van der Waals surface area contributed by atoms with Crippen LogP contribution >= 0.6 is 15.9 Å². The van der Waals surface area contributed by atoms with Gasteiger partial charge in [0.25, 0.3) is 0 Å². The van der Waals surface area contributed by atoms with E-state index in [0.29, 0.717) is 4.83 Å². The number of halogens is 1. The first kappa shape index (κ1) is 79.5. The molecule has 8 nitrogen and oxygen atoms in total. The van der Waals surface area contributed by atoms with E-state index < -0.39 is 7.12 Å². The zero-order valence-corrected chi connectivity index (χ0v) is 71.3. The van der Waals surface area contributed by atoms with Crippen LogP contribution in [0.15, 0.2) is 434 Å². The van der Waals surface area contributed by atoms with Crippen LogP contribution in [0, 0.1) is 0 Å². The maximum Gasteiger partial charge on any atom is 0.494 e. The number of hydrogen-bond donors (Lipinski definition) is 1. The van der Waals surface area contributed by atoms with E-state index in [1.807, 2.05) is 121 Å². The fraction of sp³-hybridized carbons (Fsp3) is 0.0877. The summed E-state index contributed by atoms with van der Waals surface area (Å²) in [5.74, 6) is 0. The minimum absolute atomic E-state index is 0.385. The molecule has 2 aliphatic carbocycles. The number of fused-ring (bicyclic) bond motifs is 19. The number of anilines is 4. The van der Waals surface area contributed by atoms with Crippen LogP contribution in [0.4, 0.5) is 22.7 Å². The smallest absolute Gasteiger partial charge is 0.456 e. The monoisotopic (exact) mass is 1670 g/mol. The van der Waals surface area contributed by atoms with Crippen molar-refractivity contribution < 1.29 is 18.1 Å². The number of nitrogens with one attached hydrogen (secondary N) is 1. The fourth-order valence-electron chi connectivity index (χ4n) is 17.2. The molecule has 1 atom stereocenters. The molecule has 0 amide bonds. The molecule has 0 radical (unpaired) electrons. The van der Waals surface area contributed by atoms with Crippen LogP contribution in [-0.2, 0) is 15.7 Å². The third-order valence-electron chi connectivity index (χ3n) is 24.2. The number of rotatable bonds is 12. The molecule has 0 spiro atoms. The second-order valence-electron chi connectivity index (χ2n) is 32.6. The molecule has 23 rings (SSSR count). The van der Waals surface area contributed by atoms with Crippen molar-refractivity contribution in [3.63, 3.8) is 0 Å². The molecule has 1 fully saturated rings. The van der Waals surface area contributed by atoms with Gasteiger partial charge in [0, 0.05) is 87.8 Å². The Kier molecular flexibility index (Phi) is 22.5. The van der Waals surface area contributed by atoms with E-state index in [4.69, 9.17) is 18.1 Å². The van der Waals surface area contributed by atoms with Gasteiger partial charge >= 0.3 is 7.12 Å². The average Bonchev–Trinajstić information content (AvgIpc) is 1.54. The summed E-state index contributed by atoms with van der Waals surface area (Å²) in [6.07, 6.45) is 22.4. The molecule has 3 aliphatic rings. The molecule has 1 N–H and O–H groups in total. The summed E-state index contributed by atoms with van der Waals surface area (Å²) in [4.78, 5) is 2.73. The van der Waals surface area contributed by atoms with Gasteiger partial charge in [-0.2, -0.15) is 0 Å². The van der Waals surface area contributed by atoms with Crippen LogP contribution < -0.4 is 20.9 Å². The zero-order chi connectivity index (χ0) is 84.1. The molecule has 1 aliphatic heterocycles. The second-order valence-corrected chi connectivity index (χ2v) is 33.8. The summed E-state index contributed by atoms with van der Waals surface area (Å²) >= 11 is 3.80. The maximum absolute atomic E-state index is 6.34. The average molecular weight is 1670 g/mol. The van der Waals surface area contributed by atoms with Gasteiger partial charge in [-0.05, 0) is 230 Å². The van der Waals surface area contributed by atoms with E-state index in [2.05, 4.69) is 373 Å². The largest absolute Gasteiger partial charge is 0.494 e. The van der Waals surface area contributed by atoms with Gasteiger partial charge in [-0.25, -0.2) is 0 Å². The van der Waals surface area contributed by atoms with E-state index >= 15 is 0 Å². The third-order valence-corrected chi connectivity index (χ3v) is 24.7. The van der Waals surface area contributed by atoms with Gasteiger partial charge in [0.15, 0.2) is 0 Å². The lowest BCUT2D eigenvalue weighted by molar-refractivity contribution is 0.00578. The quantitative estimate of drug-likeness (QED) is 0.0747. The number of para-hydroxylation sites is 6. The highest BCUT2D eigenvalue weighted by Gasteiger charge is 2.51. The summed E-state index contributed by atoms with van der Waals surface area (Å²) in [6.45, 7) is 12.4. The van der Waals surface area contributed by atoms with E-state index in [-0.39, 0.29) is 11.2 Å². The van der Waals surface area contributed by atoms with Gasteiger partial charge in [-0.1, -0.05) is 314 Å². The second kappa shape index (κ2) is 35.1. The Hall–Kier alpha value is -14.3. The summed E-state index contributed by atoms with van der Waals surface area (Å²) in [7, 11) is -0.400. The summed E-state index contributed by atoms with van der Waals surface area (Å²) in [6, 6.07) is 129. The Labute approximate surface area is 731 Å².